The van der Waals surface area contributed by atoms with E-state index in [1.165, 1.54) is 25.7 Å². The Hall–Kier alpha value is -1.91. The van der Waals surface area contributed by atoms with Crippen molar-refractivity contribution in [1.29, 1.82) is 0 Å². The Bertz CT molecular complexity index is 324. The molecule has 1 rings (SSSR count). The number of hydrogen-bond acceptors (Lipinski definition) is 4. The summed E-state index contributed by atoms with van der Waals surface area (Å²) >= 11 is 0. The van der Waals surface area contributed by atoms with Crippen molar-refractivity contribution in [2.24, 2.45) is 0 Å². The predicted octanol–water partition coefficient (Wildman–Crippen LogP) is 0.585. The highest BCUT2D eigenvalue weighted by Gasteiger charge is 2.11. The summed E-state index contributed by atoms with van der Waals surface area (Å²) in [5.41, 5.74) is 0.129. The minimum absolute atomic E-state index is 0.0831. The Morgan fingerprint density at radius 2 is 2.15 bits per heavy atom. The van der Waals surface area contributed by atoms with Gasteiger partial charge >= 0.3 is 6.41 Å². The lowest BCUT2D eigenvalue weighted by molar-refractivity contribution is 0.345. The van der Waals surface area contributed by atoms with Crippen molar-refractivity contribution < 1.29 is 19.7 Å². The Morgan fingerprint density at radius 3 is 2.69 bits per heavy atom. The molecule has 0 aromatic heterocycles. The molecule has 69 valence electrons. The summed E-state index contributed by atoms with van der Waals surface area (Å²) in [5.74, 6) is -0.609. The molecule has 0 saturated heterocycles. The number of anilines is 1. The topological polar surface area (TPSA) is 78.8 Å². The highest BCUT2D eigenvalue weighted by atomic mass is 16.5. The van der Waals surface area contributed by atoms with Crippen molar-refractivity contribution in [1.82, 2.24) is 0 Å². The summed E-state index contributed by atoms with van der Waals surface area (Å²) in [7, 11) is 1.29. The van der Waals surface area contributed by atoms with Crippen LogP contribution in [-0.2, 0) is 4.79 Å². The maximum atomic E-state index is 9.96. The lowest BCUT2D eigenvalue weighted by Crippen LogP contribution is -1.95. The van der Waals surface area contributed by atoms with Gasteiger partial charge in [-0.1, -0.05) is 0 Å². The molecule has 0 unspecified atom stereocenters. The monoisotopic (exact) mass is 182 g/mol. The van der Waals surface area contributed by atoms with E-state index in [0.717, 1.165) is 0 Å². The molecular weight excluding hydrogens is 174 g/mol. The predicted molar refractivity (Wildman–Crippen MR) is 45.6 cm³/mol. The number of benzene rings is 1. The first kappa shape index (κ1) is 9.18. The van der Waals surface area contributed by atoms with Crippen LogP contribution in [0.1, 0.15) is 0 Å². The molecule has 0 atom stereocenters. The number of hydrogen-bond donors (Lipinski definition) is 3. The first-order chi connectivity index (χ1) is 6.20. The molecule has 0 aliphatic carbocycles. The van der Waals surface area contributed by atoms with Crippen LogP contribution in [0.3, 0.4) is 0 Å². The van der Waals surface area contributed by atoms with Crippen LogP contribution < -0.4 is 10.1 Å². The molecule has 0 bridgehead atoms. The van der Waals surface area contributed by atoms with E-state index in [1.54, 1.807) is 0 Å². The fourth-order valence-electron chi connectivity index (χ4n) is 0.918. The molecule has 0 aliphatic rings. The van der Waals surface area contributed by atoms with Crippen LogP contribution in [0.4, 0.5) is 5.69 Å². The minimum atomic E-state index is -0.328. The summed E-state index contributed by atoms with van der Waals surface area (Å²) in [5, 5.41) is 20.7. The number of phenolic OH excluding ortho intramolecular Hbond substituents is 2. The number of phenols is 2. The maximum Gasteiger partial charge on any atom is 0.314 e. The van der Waals surface area contributed by atoms with Gasteiger partial charge in [0.2, 0.25) is 5.75 Å². The molecule has 0 spiro atoms. The summed E-state index contributed by atoms with van der Waals surface area (Å²) < 4.78 is 4.69. The van der Waals surface area contributed by atoms with Gasteiger partial charge in [-0.15, -0.1) is 0 Å². The normalized spacial score (nSPS) is 9.31. The average Bonchev–Trinajstić information content (AvgIpc) is 2.11. The number of aromatic hydroxyl groups is 2. The average molecular weight is 182 g/mol. The van der Waals surface area contributed by atoms with Crippen LogP contribution in [0, 0.1) is 0 Å². The van der Waals surface area contributed by atoms with Crippen LogP contribution >= 0.6 is 0 Å². The molecule has 0 aliphatic heterocycles. The number of rotatable bonds is 3. The molecule has 5 nitrogen and oxygen atoms in total. The molecule has 1 radical (unpaired) electrons. The largest absolute Gasteiger partial charge is 0.504 e. The maximum absolute atomic E-state index is 9.96. The molecule has 3 N–H and O–H groups in total. The van der Waals surface area contributed by atoms with Gasteiger partial charge in [0.05, 0.1) is 12.8 Å². The van der Waals surface area contributed by atoms with E-state index in [-0.39, 0.29) is 22.9 Å². The lowest BCUT2D eigenvalue weighted by atomic mass is 10.2. The number of amides is 1. The van der Waals surface area contributed by atoms with Gasteiger partial charge in [0.25, 0.3) is 0 Å². The first-order valence-corrected chi connectivity index (χ1v) is 3.42. The summed E-state index contributed by atoms with van der Waals surface area (Å²) in [6, 6.07) is 2.62. The van der Waals surface area contributed by atoms with Gasteiger partial charge in [0, 0.05) is 0 Å². The molecule has 1 aromatic carbocycles. The van der Waals surface area contributed by atoms with Gasteiger partial charge in [-0.25, -0.2) is 0 Å². The second kappa shape index (κ2) is 3.66. The van der Waals surface area contributed by atoms with Crippen LogP contribution in [0.25, 0.3) is 0 Å². The molecule has 13 heavy (non-hydrogen) atoms. The lowest BCUT2D eigenvalue weighted by Gasteiger charge is -2.08. The third-order valence-electron chi connectivity index (χ3n) is 1.50. The highest BCUT2D eigenvalue weighted by molar-refractivity contribution is 5.78. The smallest absolute Gasteiger partial charge is 0.314 e. The number of carbonyl (C=O) groups excluding carboxylic acids is 1. The molecule has 0 fully saturated rings. The zero-order valence-electron chi connectivity index (χ0n) is 6.87. The van der Waals surface area contributed by atoms with Crippen LogP contribution in [0.2, 0.25) is 0 Å². The van der Waals surface area contributed by atoms with Crippen molar-refractivity contribution >= 4 is 12.1 Å². The van der Waals surface area contributed by atoms with E-state index in [1.807, 2.05) is 0 Å². The highest BCUT2D eigenvalue weighted by Crippen LogP contribution is 2.40. The van der Waals surface area contributed by atoms with E-state index >= 15 is 0 Å². The van der Waals surface area contributed by atoms with Gasteiger partial charge < -0.3 is 20.3 Å². The van der Waals surface area contributed by atoms with Crippen molar-refractivity contribution in [3.8, 4) is 17.2 Å². The second-order valence-corrected chi connectivity index (χ2v) is 2.24. The van der Waals surface area contributed by atoms with E-state index in [0.29, 0.717) is 0 Å². The zero-order valence-corrected chi connectivity index (χ0v) is 6.87. The third-order valence-corrected chi connectivity index (χ3v) is 1.50. The van der Waals surface area contributed by atoms with Gasteiger partial charge in [0.1, 0.15) is 0 Å². The summed E-state index contributed by atoms with van der Waals surface area (Å²) in [6.45, 7) is 0. The fraction of sp³-hybridized carbons (Fsp3) is 0.125. The Labute approximate surface area is 74.6 Å². The van der Waals surface area contributed by atoms with E-state index in [9.17, 15) is 15.0 Å². The summed E-state index contributed by atoms with van der Waals surface area (Å²) in [6.07, 6.45) is 1.40. The van der Waals surface area contributed by atoms with Crippen molar-refractivity contribution in [3.63, 3.8) is 0 Å². The van der Waals surface area contributed by atoms with Crippen LogP contribution in [0.5, 0.6) is 17.2 Å². The summed E-state index contributed by atoms with van der Waals surface area (Å²) in [4.78, 5) is 9.96. The second-order valence-electron chi connectivity index (χ2n) is 2.24. The number of methoxy groups -OCH3 is 1. The van der Waals surface area contributed by atoms with E-state index < -0.39 is 0 Å². The first-order valence-electron chi connectivity index (χ1n) is 3.42. The SMILES string of the molecule is COc1c(O)ccc(N[C]=O)c1O. The Balaban J connectivity index is 3.18. The van der Waals surface area contributed by atoms with Gasteiger partial charge in [-0.2, -0.15) is 0 Å². The molecule has 0 heterocycles. The zero-order chi connectivity index (χ0) is 9.84. The number of ether oxygens (including phenoxy) is 1. The van der Waals surface area contributed by atoms with Crippen LogP contribution in [0.15, 0.2) is 12.1 Å². The molecular formula is C8H8NO4. The van der Waals surface area contributed by atoms with Crippen molar-refractivity contribution in [2.45, 2.75) is 0 Å². The molecule has 5 heteroatoms. The molecule has 1 amide bonds. The quantitative estimate of drug-likeness (QED) is 0.363. The Morgan fingerprint density at radius 1 is 1.46 bits per heavy atom. The minimum Gasteiger partial charge on any atom is -0.504 e. The number of nitrogens with one attached hydrogen (secondary N) is 1. The van der Waals surface area contributed by atoms with Gasteiger partial charge in [-0.3, -0.25) is 4.79 Å². The van der Waals surface area contributed by atoms with Crippen LogP contribution in [-0.4, -0.2) is 23.7 Å². The molecule has 1 aromatic rings. The Kier molecular flexibility index (Phi) is 2.59. The molecule has 0 saturated carbocycles. The van der Waals surface area contributed by atoms with Crippen molar-refractivity contribution in [3.05, 3.63) is 12.1 Å². The van der Waals surface area contributed by atoms with E-state index in [4.69, 9.17) is 4.74 Å². The van der Waals surface area contributed by atoms with E-state index in [2.05, 4.69) is 5.32 Å². The fourth-order valence-corrected chi connectivity index (χ4v) is 0.918. The third kappa shape index (κ3) is 1.64. The van der Waals surface area contributed by atoms with Gasteiger partial charge in [-0.05, 0) is 12.1 Å². The standard InChI is InChI=1S/C8H8NO4/c1-13-8-6(11)3-2-5(7(8)12)9-4-10/h2-3,11-12H,1H3,(H,9,10). The van der Waals surface area contributed by atoms with Gasteiger partial charge in [0.15, 0.2) is 11.5 Å². The van der Waals surface area contributed by atoms with Crippen molar-refractivity contribution in [2.75, 3.05) is 12.4 Å².